The minimum atomic E-state index is -3.80. The molecule has 31 heavy (non-hydrogen) atoms. The fourth-order valence-corrected chi connectivity index (χ4v) is 6.73. The molecule has 0 aromatic heterocycles. The summed E-state index contributed by atoms with van der Waals surface area (Å²) in [4.78, 5) is 0.00186. The van der Waals surface area contributed by atoms with E-state index in [9.17, 15) is 22.5 Å². The Labute approximate surface area is 188 Å². The maximum Gasteiger partial charge on any atom is 0.250 e. The molecule has 2 aliphatic rings. The molecule has 0 amide bonds. The van der Waals surface area contributed by atoms with Gasteiger partial charge in [-0.2, -0.15) is 9.57 Å². The Bertz CT molecular complexity index is 939. The molecule has 0 spiro atoms. The first-order valence-electron chi connectivity index (χ1n) is 10.8. The third-order valence-electron chi connectivity index (χ3n) is 6.28. The standard InChI is InChI=1S/C22H30ClF2N3O2S/c1-16(2)13-21(15-26)8-10-28(11-9-21)31(29,30)20-6-5-17(12-19(20)23)27-18-4-3-7-22(24,25)14-18/h5-6,12,16,18,27H,3-4,7-11,13-14H2,1-2H3. The summed E-state index contributed by atoms with van der Waals surface area (Å²) in [6.07, 6.45) is 2.48. The Balaban J connectivity index is 1.70. The molecule has 5 nitrogen and oxygen atoms in total. The van der Waals surface area contributed by atoms with Gasteiger partial charge in [-0.3, -0.25) is 0 Å². The van der Waals surface area contributed by atoms with Gasteiger partial charge in [0.15, 0.2) is 0 Å². The molecule has 1 aromatic carbocycles. The van der Waals surface area contributed by atoms with Crippen LogP contribution in [0.4, 0.5) is 14.5 Å². The van der Waals surface area contributed by atoms with E-state index in [1.165, 1.54) is 16.4 Å². The maximum absolute atomic E-state index is 13.6. The van der Waals surface area contributed by atoms with Gasteiger partial charge in [-0.05, 0) is 56.2 Å². The van der Waals surface area contributed by atoms with E-state index in [4.69, 9.17) is 11.6 Å². The molecular formula is C22H30ClF2N3O2S. The monoisotopic (exact) mass is 473 g/mol. The van der Waals surface area contributed by atoms with Gasteiger partial charge in [-0.25, -0.2) is 17.2 Å². The van der Waals surface area contributed by atoms with E-state index in [0.29, 0.717) is 37.3 Å². The van der Waals surface area contributed by atoms with Crippen molar-refractivity contribution >= 4 is 27.3 Å². The highest BCUT2D eigenvalue weighted by molar-refractivity contribution is 7.89. The van der Waals surface area contributed by atoms with Crippen LogP contribution < -0.4 is 5.32 Å². The van der Waals surface area contributed by atoms with Gasteiger partial charge in [0, 0.05) is 37.7 Å². The number of piperidine rings is 1. The Morgan fingerprint density at radius 2 is 1.97 bits per heavy atom. The van der Waals surface area contributed by atoms with Crippen LogP contribution in [0.5, 0.6) is 0 Å². The number of benzene rings is 1. The Kier molecular flexibility index (Phi) is 7.19. The molecular weight excluding hydrogens is 444 g/mol. The van der Waals surface area contributed by atoms with Gasteiger partial charge in [0.2, 0.25) is 15.9 Å². The van der Waals surface area contributed by atoms with Crippen LogP contribution in [0, 0.1) is 22.7 Å². The summed E-state index contributed by atoms with van der Waals surface area (Å²) in [7, 11) is -3.80. The minimum Gasteiger partial charge on any atom is -0.382 e. The number of sulfonamides is 1. The number of hydrogen-bond donors (Lipinski definition) is 1. The molecule has 1 N–H and O–H groups in total. The molecule has 1 unspecified atom stereocenters. The van der Waals surface area contributed by atoms with Crippen molar-refractivity contribution in [2.45, 2.75) is 75.7 Å². The van der Waals surface area contributed by atoms with Gasteiger partial charge in [0.1, 0.15) is 4.90 Å². The molecule has 1 saturated carbocycles. The summed E-state index contributed by atoms with van der Waals surface area (Å²) in [6.45, 7) is 4.67. The molecule has 0 bridgehead atoms. The SMILES string of the molecule is CC(C)CC1(C#N)CCN(S(=O)(=O)c2ccc(NC3CCCC(F)(F)C3)cc2Cl)CC1. The third-order valence-corrected chi connectivity index (χ3v) is 8.66. The van der Waals surface area contributed by atoms with Crippen LogP contribution in [0.2, 0.25) is 5.02 Å². The highest BCUT2D eigenvalue weighted by Gasteiger charge is 2.40. The highest BCUT2D eigenvalue weighted by Crippen LogP contribution is 2.40. The van der Waals surface area contributed by atoms with Crippen molar-refractivity contribution in [3.8, 4) is 6.07 Å². The van der Waals surface area contributed by atoms with Crippen molar-refractivity contribution in [2.24, 2.45) is 11.3 Å². The second-order valence-corrected chi connectivity index (χ2v) is 11.6. The molecule has 0 radical (unpaired) electrons. The van der Waals surface area contributed by atoms with Crippen LogP contribution in [-0.2, 0) is 10.0 Å². The largest absolute Gasteiger partial charge is 0.382 e. The van der Waals surface area contributed by atoms with Crippen LogP contribution in [0.25, 0.3) is 0 Å². The summed E-state index contributed by atoms with van der Waals surface area (Å²) in [5, 5.41) is 12.8. The van der Waals surface area contributed by atoms with Crippen molar-refractivity contribution in [3.05, 3.63) is 23.2 Å². The molecule has 1 aromatic rings. The zero-order valence-corrected chi connectivity index (χ0v) is 19.6. The predicted octanol–water partition coefficient (Wildman–Crippen LogP) is 5.67. The van der Waals surface area contributed by atoms with E-state index in [-0.39, 0.29) is 41.9 Å². The topological polar surface area (TPSA) is 73.2 Å². The summed E-state index contributed by atoms with van der Waals surface area (Å²) < 4.78 is 55.0. The van der Waals surface area contributed by atoms with Gasteiger partial charge in [0.05, 0.1) is 16.5 Å². The number of nitrogens with one attached hydrogen (secondary N) is 1. The second kappa shape index (κ2) is 9.21. The van der Waals surface area contributed by atoms with E-state index >= 15 is 0 Å². The minimum absolute atomic E-state index is 0.00186. The number of nitrogens with zero attached hydrogens (tertiary/aromatic N) is 2. The summed E-state index contributed by atoms with van der Waals surface area (Å²) in [5.41, 5.74) is 0.0468. The van der Waals surface area contributed by atoms with Crippen LogP contribution in [-0.4, -0.2) is 37.8 Å². The van der Waals surface area contributed by atoms with E-state index in [1.807, 2.05) is 0 Å². The molecule has 1 aliphatic carbocycles. The predicted molar refractivity (Wildman–Crippen MR) is 118 cm³/mol. The van der Waals surface area contributed by atoms with E-state index < -0.39 is 21.4 Å². The number of alkyl halides is 2. The zero-order chi connectivity index (χ0) is 22.9. The van der Waals surface area contributed by atoms with E-state index in [2.05, 4.69) is 25.2 Å². The molecule has 9 heteroatoms. The van der Waals surface area contributed by atoms with Crippen LogP contribution >= 0.6 is 11.6 Å². The maximum atomic E-state index is 13.6. The average molecular weight is 474 g/mol. The van der Waals surface area contributed by atoms with Crippen LogP contribution in [0.1, 0.15) is 58.8 Å². The normalized spacial score (nSPS) is 24.0. The highest BCUT2D eigenvalue weighted by atomic mass is 35.5. The average Bonchev–Trinajstić information content (AvgIpc) is 2.67. The molecule has 1 saturated heterocycles. The lowest BCUT2D eigenvalue weighted by Gasteiger charge is -2.37. The Hall–Kier alpha value is -1.43. The van der Waals surface area contributed by atoms with Gasteiger partial charge < -0.3 is 5.32 Å². The Morgan fingerprint density at radius 3 is 2.52 bits per heavy atom. The van der Waals surface area contributed by atoms with Crippen LogP contribution in [0.3, 0.4) is 0 Å². The van der Waals surface area contributed by atoms with E-state index in [0.717, 1.165) is 6.42 Å². The van der Waals surface area contributed by atoms with Gasteiger partial charge in [-0.15, -0.1) is 0 Å². The first-order chi connectivity index (χ1) is 14.5. The second-order valence-electron chi connectivity index (χ2n) is 9.33. The van der Waals surface area contributed by atoms with Crippen molar-refractivity contribution in [1.29, 1.82) is 5.26 Å². The van der Waals surface area contributed by atoms with Gasteiger partial charge >= 0.3 is 0 Å². The number of halogens is 3. The quantitative estimate of drug-likeness (QED) is 0.577. The number of nitriles is 1. The lowest BCUT2D eigenvalue weighted by Crippen LogP contribution is -2.43. The Morgan fingerprint density at radius 1 is 1.29 bits per heavy atom. The molecule has 3 rings (SSSR count). The fourth-order valence-electron chi connectivity index (χ4n) is 4.77. The molecule has 2 fully saturated rings. The number of anilines is 1. The van der Waals surface area contributed by atoms with Crippen molar-refractivity contribution in [1.82, 2.24) is 4.31 Å². The lowest BCUT2D eigenvalue weighted by molar-refractivity contribution is -0.0373. The zero-order valence-electron chi connectivity index (χ0n) is 18.0. The first-order valence-corrected chi connectivity index (χ1v) is 12.6. The summed E-state index contributed by atoms with van der Waals surface area (Å²) in [5.74, 6) is -2.31. The fraction of sp³-hybridized carbons (Fsp3) is 0.682. The van der Waals surface area contributed by atoms with Crippen LogP contribution in [0.15, 0.2) is 23.1 Å². The molecule has 1 heterocycles. The van der Waals surface area contributed by atoms with Crippen molar-refractivity contribution in [3.63, 3.8) is 0 Å². The van der Waals surface area contributed by atoms with Gasteiger partial charge in [0.25, 0.3) is 0 Å². The third kappa shape index (κ3) is 5.68. The molecule has 1 aliphatic heterocycles. The first kappa shape index (κ1) is 24.2. The number of hydrogen-bond acceptors (Lipinski definition) is 4. The summed E-state index contributed by atoms with van der Waals surface area (Å²) >= 11 is 6.31. The molecule has 1 atom stereocenters. The molecule has 172 valence electrons. The van der Waals surface area contributed by atoms with Crippen molar-refractivity contribution < 1.29 is 17.2 Å². The van der Waals surface area contributed by atoms with E-state index in [1.54, 1.807) is 6.07 Å². The summed E-state index contributed by atoms with van der Waals surface area (Å²) in [6, 6.07) is 6.54. The van der Waals surface area contributed by atoms with Gasteiger partial charge in [-0.1, -0.05) is 25.4 Å². The lowest BCUT2D eigenvalue weighted by atomic mass is 9.74. The number of rotatable bonds is 6. The smallest absolute Gasteiger partial charge is 0.250 e. The van der Waals surface area contributed by atoms with Crippen molar-refractivity contribution in [2.75, 3.05) is 18.4 Å².